The minimum atomic E-state index is -0.778. The summed E-state index contributed by atoms with van der Waals surface area (Å²) in [4.78, 5) is 16.0. The predicted molar refractivity (Wildman–Crippen MR) is 123 cm³/mol. The highest BCUT2D eigenvalue weighted by molar-refractivity contribution is 6.32. The molecule has 0 aliphatic carbocycles. The molecule has 0 saturated heterocycles. The minimum Gasteiger partial charge on any atom is -0.384 e. The second kappa shape index (κ2) is 9.06. The van der Waals surface area contributed by atoms with Gasteiger partial charge in [0.2, 0.25) is 0 Å². The van der Waals surface area contributed by atoms with Crippen LogP contribution in [0.25, 0.3) is 0 Å². The Hall–Kier alpha value is -2.93. The van der Waals surface area contributed by atoms with Crippen LogP contribution in [0.3, 0.4) is 0 Å². The molecule has 4 rings (SSSR count). The highest BCUT2D eigenvalue weighted by atomic mass is 35.5. The first kappa shape index (κ1) is 21.3. The summed E-state index contributed by atoms with van der Waals surface area (Å²) in [5.41, 5.74) is 5.05. The molecule has 2 aromatic carbocycles. The van der Waals surface area contributed by atoms with E-state index < -0.39 is 6.10 Å². The summed E-state index contributed by atoms with van der Waals surface area (Å²) in [7, 11) is 0. The topological polar surface area (TPSA) is 77.8 Å². The average molecular weight is 455 g/mol. The van der Waals surface area contributed by atoms with Crippen molar-refractivity contribution in [3.8, 4) is 0 Å². The molecule has 6 nitrogen and oxygen atoms in total. The van der Waals surface area contributed by atoms with Crippen molar-refractivity contribution in [2.24, 2.45) is 5.10 Å². The number of aliphatic hydroxyl groups is 1. The van der Waals surface area contributed by atoms with Gasteiger partial charge in [0.1, 0.15) is 11.3 Å². The van der Waals surface area contributed by atoms with Crippen LogP contribution in [0, 0.1) is 6.92 Å². The molecule has 0 spiro atoms. The Morgan fingerprint density at radius 3 is 2.52 bits per heavy atom. The molecule has 0 saturated carbocycles. The molecule has 2 amide bonds. The highest BCUT2D eigenvalue weighted by Gasteiger charge is 2.19. The lowest BCUT2D eigenvalue weighted by Gasteiger charge is -2.22. The van der Waals surface area contributed by atoms with E-state index in [2.05, 4.69) is 15.4 Å². The normalized spacial score (nSPS) is 14.5. The number of nitrogens with one attached hydrogen (secondary N) is 1. The first-order valence-electron chi connectivity index (χ1n) is 9.70. The Morgan fingerprint density at radius 2 is 1.87 bits per heavy atom. The largest absolute Gasteiger partial charge is 0.384 e. The minimum absolute atomic E-state index is 0.282. The number of hydrogen-bond donors (Lipinski definition) is 2. The van der Waals surface area contributed by atoms with Gasteiger partial charge in [-0.05, 0) is 53.8 Å². The number of aryl methyl sites for hydroxylation is 1. The zero-order chi connectivity index (χ0) is 22.0. The molecule has 3 aromatic rings. The smallest absolute Gasteiger partial charge is 0.342 e. The van der Waals surface area contributed by atoms with Crippen LogP contribution in [-0.2, 0) is 6.42 Å². The van der Waals surface area contributed by atoms with E-state index in [4.69, 9.17) is 23.2 Å². The molecule has 1 aliphatic heterocycles. The van der Waals surface area contributed by atoms with Crippen molar-refractivity contribution in [3.63, 3.8) is 0 Å². The second-order valence-corrected chi connectivity index (χ2v) is 8.05. The van der Waals surface area contributed by atoms with Gasteiger partial charge in [-0.15, -0.1) is 0 Å². The van der Waals surface area contributed by atoms with Gasteiger partial charge in [0.25, 0.3) is 0 Å². The van der Waals surface area contributed by atoms with Crippen molar-refractivity contribution >= 4 is 41.1 Å². The number of anilines is 1. The van der Waals surface area contributed by atoms with Crippen molar-refractivity contribution in [2.75, 3.05) is 11.6 Å². The van der Waals surface area contributed by atoms with Crippen LogP contribution in [0.15, 0.2) is 59.8 Å². The van der Waals surface area contributed by atoms with E-state index >= 15 is 0 Å². The molecule has 1 unspecified atom stereocenters. The Morgan fingerprint density at radius 1 is 1.13 bits per heavy atom. The van der Waals surface area contributed by atoms with Crippen molar-refractivity contribution < 1.29 is 9.90 Å². The highest BCUT2D eigenvalue weighted by Crippen LogP contribution is 2.30. The maximum atomic E-state index is 12.0. The van der Waals surface area contributed by atoms with Gasteiger partial charge in [-0.25, -0.2) is 9.78 Å². The molecule has 8 heteroatoms. The number of nitrogens with zero attached hydrogens (tertiary/aromatic N) is 3. The number of amides is 2. The van der Waals surface area contributed by atoms with Gasteiger partial charge in [0.05, 0.1) is 12.2 Å². The van der Waals surface area contributed by atoms with Crippen LogP contribution in [0.5, 0.6) is 0 Å². The lowest BCUT2D eigenvalue weighted by atomic mass is 9.97. The zero-order valence-corrected chi connectivity index (χ0v) is 18.2. The molecule has 1 atom stereocenters. The molecule has 31 heavy (non-hydrogen) atoms. The third-order valence-electron chi connectivity index (χ3n) is 5.12. The molecular formula is C23H20Cl2N4O2. The van der Waals surface area contributed by atoms with Gasteiger partial charge >= 0.3 is 6.03 Å². The van der Waals surface area contributed by atoms with E-state index in [-0.39, 0.29) is 6.03 Å². The van der Waals surface area contributed by atoms with E-state index in [1.807, 2.05) is 37.3 Å². The third-order valence-corrected chi connectivity index (χ3v) is 5.69. The van der Waals surface area contributed by atoms with E-state index in [1.54, 1.807) is 30.6 Å². The number of hydrogen-bond acceptors (Lipinski definition) is 4. The van der Waals surface area contributed by atoms with Gasteiger partial charge in [0, 0.05) is 23.0 Å². The molecule has 2 heterocycles. The van der Waals surface area contributed by atoms with E-state index in [1.165, 1.54) is 5.01 Å². The van der Waals surface area contributed by atoms with E-state index in [0.717, 1.165) is 22.3 Å². The Bertz CT molecular complexity index is 1110. The first-order valence-corrected chi connectivity index (χ1v) is 10.5. The average Bonchev–Trinajstić information content (AvgIpc) is 2.77. The molecule has 0 radical (unpaired) electrons. The Balaban J connectivity index is 1.52. The number of halogens is 2. The number of aromatic nitrogens is 1. The van der Waals surface area contributed by atoms with Crippen molar-refractivity contribution in [2.45, 2.75) is 19.4 Å². The lowest BCUT2D eigenvalue weighted by Crippen LogP contribution is -2.41. The SMILES string of the molecule is Cc1cc(N2N=CCNC2=O)cc(Cl)c1Cc1ccc(C(O)c2ccc(Cl)nc2)cc1. The number of benzene rings is 2. The van der Waals surface area contributed by atoms with Crippen LogP contribution < -0.4 is 10.3 Å². The van der Waals surface area contributed by atoms with Crippen molar-refractivity contribution in [3.05, 3.63) is 92.7 Å². The summed E-state index contributed by atoms with van der Waals surface area (Å²) in [6.45, 7) is 2.38. The summed E-state index contributed by atoms with van der Waals surface area (Å²) in [5, 5.41) is 19.7. The second-order valence-electron chi connectivity index (χ2n) is 7.25. The van der Waals surface area contributed by atoms with Crippen molar-refractivity contribution in [1.29, 1.82) is 0 Å². The quantitative estimate of drug-likeness (QED) is 0.538. The standard InChI is InChI=1S/C23H20Cl2N4O2/c1-14-10-18(29-23(31)26-8-9-28-29)12-20(24)19(14)11-15-2-4-16(5-3-15)22(30)17-6-7-21(25)27-13-17/h2-7,9-10,12-13,22,30H,8,11H2,1H3,(H,26,31). The van der Waals surface area contributed by atoms with E-state index in [9.17, 15) is 9.90 Å². The summed E-state index contributed by atoms with van der Waals surface area (Å²) in [6, 6.07) is 14.5. The first-order chi connectivity index (χ1) is 14.9. The maximum absolute atomic E-state index is 12.0. The number of urea groups is 1. The number of carbonyl (C=O) groups is 1. The van der Waals surface area contributed by atoms with Crippen LogP contribution >= 0.6 is 23.2 Å². The molecule has 158 valence electrons. The molecular weight excluding hydrogens is 435 g/mol. The fourth-order valence-electron chi connectivity index (χ4n) is 3.43. The zero-order valence-electron chi connectivity index (χ0n) is 16.7. The molecule has 0 fully saturated rings. The Kier molecular flexibility index (Phi) is 6.23. The van der Waals surface area contributed by atoms with Gasteiger partial charge in [0.15, 0.2) is 0 Å². The summed E-state index contributed by atoms with van der Waals surface area (Å²) < 4.78 is 0. The predicted octanol–water partition coefficient (Wildman–Crippen LogP) is 4.88. The number of hydrazone groups is 1. The molecule has 2 N–H and O–H groups in total. The number of aliphatic hydroxyl groups excluding tert-OH is 1. The van der Waals surface area contributed by atoms with Crippen molar-refractivity contribution in [1.82, 2.24) is 10.3 Å². The summed E-state index contributed by atoms with van der Waals surface area (Å²) in [5.74, 6) is 0. The van der Waals surface area contributed by atoms with Gasteiger partial charge in [-0.3, -0.25) is 0 Å². The molecule has 0 bridgehead atoms. The van der Waals surface area contributed by atoms with Gasteiger partial charge in [-0.2, -0.15) is 10.1 Å². The molecule has 1 aliphatic rings. The maximum Gasteiger partial charge on any atom is 0.342 e. The fraction of sp³-hybridized carbons (Fsp3) is 0.174. The summed E-state index contributed by atoms with van der Waals surface area (Å²) >= 11 is 12.4. The van der Waals surface area contributed by atoms with Crippen LogP contribution in [-0.4, -0.2) is 28.9 Å². The Labute approximate surface area is 190 Å². The number of rotatable bonds is 5. The van der Waals surface area contributed by atoms with Gasteiger partial charge < -0.3 is 10.4 Å². The van der Waals surface area contributed by atoms with Crippen LogP contribution in [0.2, 0.25) is 10.2 Å². The van der Waals surface area contributed by atoms with E-state index in [0.29, 0.717) is 34.4 Å². The fourth-order valence-corrected chi connectivity index (χ4v) is 3.87. The molecule has 1 aromatic heterocycles. The third kappa shape index (κ3) is 4.71. The van der Waals surface area contributed by atoms with Gasteiger partial charge in [-0.1, -0.05) is 53.5 Å². The lowest BCUT2D eigenvalue weighted by molar-refractivity contribution is 0.220. The number of pyridine rings is 1. The summed E-state index contributed by atoms with van der Waals surface area (Å²) in [6.07, 6.45) is 3.05. The van der Waals surface area contributed by atoms with Crippen LogP contribution in [0.1, 0.15) is 33.9 Å². The monoisotopic (exact) mass is 454 g/mol. The number of carbonyl (C=O) groups excluding carboxylic acids is 1. The van der Waals surface area contributed by atoms with Crippen LogP contribution in [0.4, 0.5) is 10.5 Å².